The van der Waals surface area contributed by atoms with Gasteiger partial charge in [-0.05, 0) is 39.4 Å². The van der Waals surface area contributed by atoms with Gasteiger partial charge in [-0.15, -0.1) is 0 Å². The summed E-state index contributed by atoms with van der Waals surface area (Å²) in [5.74, 6) is 0.286. The van der Waals surface area contributed by atoms with Crippen LogP contribution in [0.15, 0.2) is 103 Å². The van der Waals surface area contributed by atoms with Crippen molar-refractivity contribution in [1.82, 2.24) is 5.32 Å². The summed E-state index contributed by atoms with van der Waals surface area (Å²) in [6.07, 6.45) is 0. The Balaban J connectivity index is 1.46. The zero-order chi connectivity index (χ0) is 20.6. The van der Waals surface area contributed by atoms with E-state index in [1.54, 1.807) is 0 Å². The van der Waals surface area contributed by atoms with Crippen LogP contribution in [-0.4, -0.2) is 19.6 Å². The second-order valence-corrected chi connectivity index (χ2v) is 8.53. The molecule has 6 rings (SSSR count). The Morgan fingerprint density at radius 2 is 1.32 bits per heavy atom. The van der Waals surface area contributed by atoms with E-state index >= 15 is 0 Å². The molecule has 152 valence electrons. The average Bonchev–Trinajstić information content (AvgIpc) is 3.20. The highest BCUT2D eigenvalue weighted by molar-refractivity contribution is 5.86. The highest BCUT2D eigenvalue weighted by atomic mass is 15.2. The van der Waals surface area contributed by atoms with Crippen molar-refractivity contribution in [2.75, 3.05) is 24.5 Å². The number of hydrogen-bond donors (Lipinski definition) is 1. The smallest absolute Gasteiger partial charge is 0.0498 e. The zero-order valence-electron chi connectivity index (χ0n) is 17.5. The summed E-state index contributed by atoms with van der Waals surface area (Å²) in [4.78, 5) is 2.59. The van der Waals surface area contributed by atoms with E-state index in [9.17, 15) is 0 Å². The van der Waals surface area contributed by atoms with Gasteiger partial charge in [0, 0.05) is 37.3 Å². The second-order valence-electron chi connectivity index (χ2n) is 8.53. The maximum atomic E-state index is 3.72. The average molecular weight is 403 g/mol. The molecular formula is C29H26N2. The summed E-state index contributed by atoms with van der Waals surface area (Å²) in [7, 11) is 0. The molecular weight excluding hydrogens is 376 g/mol. The van der Waals surface area contributed by atoms with Gasteiger partial charge >= 0.3 is 0 Å². The van der Waals surface area contributed by atoms with E-state index < -0.39 is 0 Å². The van der Waals surface area contributed by atoms with Crippen LogP contribution in [0.4, 0.5) is 5.69 Å². The Labute approximate surface area is 184 Å². The maximum Gasteiger partial charge on any atom is 0.0498 e. The van der Waals surface area contributed by atoms with Crippen molar-refractivity contribution in [2.24, 2.45) is 0 Å². The van der Waals surface area contributed by atoms with Crippen molar-refractivity contribution < 1.29 is 0 Å². The van der Waals surface area contributed by atoms with Crippen LogP contribution in [0.2, 0.25) is 0 Å². The van der Waals surface area contributed by atoms with Crippen molar-refractivity contribution in [3.63, 3.8) is 0 Å². The standard InChI is InChI=1S/C29H26N2/c1-3-10-21(11-4-1)26-20-31(19-18-30-26)27-17-9-16-25-23-14-7-8-15-24(23)28(29(25)27)22-12-5-2-6-13-22/h1-17,26,28,30H,18-20H2. The third kappa shape index (κ3) is 3.15. The van der Waals surface area contributed by atoms with E-state index in [4.69, 9.17) is 0 Å². The number of nitrogens with one attached hydrogen (secondary N) is 1. The van der Waals surface area contributed by atoms with Crippen molar-refractivity contribution >= 4 is 5.69 Å². The summed E-state index contributed by atoms with van der Waals surface area (Å²) < 4.78 is 0. The van der Waals surface area contributed by atoms with Gasteiger partial charge in [0.1, 0.15) is 0 Å². The van der Waals surface area contributed by atoms with Gasteiger partial charge in [-0.1, -0.05) is 97.1 Å². The summed E-state index contributed by atoms with van der Waals surface area (Å²) in [6.45, 7) is 3.00. The van der Waals surface area contributed by atoms with Gasteiger partial charge < -0.3 is 10.2 Å². The minimum Gasteiger partial charge on any atom is -0.368 e. The molecule has 0 amide bonds. The number of rotatable bonds is 3. The van der Waals surface area contributed by atoms with Crippen LogP contribution in [0.25, 0.3) is 11.1 Å². The maximum absolute atomic E-state index is 3.72. The molecule has 0 saturated carbocycles. The van der Waals surface area contributed by atoms with Crippen molar-refractivity contribution in [2.45, 2.75) is 12.0 Å². The molecule has 0 aromatic heterocycles. The number of benzene rings is 4. The first-order valence-corrected chi connectivity index (χ1v) is 11.2. The lowest BCUT2D eigenvalue weighted by Gasteiger charge is -2.37. The minimum atomic E-state index is 0.286. The summed E-state index contributed by atoms with van der Waals surface area (Å²) in [6, 6.07) is 38.0. The quantitative estimate of drug-likeness (QED) is 0.398. The monoisotopic (exact) mass is 402 g/mol. The van der Waals surface area contributed by atoms with Crippen molar-refractivity contribution in [3.05, 3.63) is 125 Å². The molecule has 4 aromatic carbocycles. The number of hydrogen-bond acceptors (Lipinski definition) is 2. The topological polar surface area (TPSA) is 15.3 Å². The molecule has 1 heterocycles. The zero-order valence-corrected chi connectivity index (χ0v) is 17.5. The lowest BCUT2D eigenvalue weighted by Crippen LogP contribution is -2.46. The highest BCUT2D eigenvalue weighted by Crippen LogP contribution is 2.51. The third-order valence-electron chi connectivity index (χ3n) is 6.78. The van der Waals surface area contributed by atoms with Crippen molar-refractivity contribution in [3.8, 4) is 11.1 Å². The first-order chi connectivity index (χ1) is 15.4. The van der Waals surface area contributed by atoms with E-state index in [1.807, 2.05) is 0 Å². The van der Waals surface area contributed by atoms with Gasteiger partial charge in [0.2, 0.25) is 0 Å². The predicted molar refractivity (Wildman–Crippen MR) is 129 cm³/mol. The number of anilines is 1. The molecule has 1 saturated heterocycles. The first kappa shape index (κ1) is 18.4. The molecule has 1 aliphatic carbocycles. The predicted octanol–water partition coefficient (Wildman–Crippen LogP) is 6.00. The van der Waals surface area contributed by atoms with Crippen LogP contribution in [0.3, 0.4) is 0 Å². The highest BCUT2D eigenvalue weighted by Gasteiger charge is 2.34. The summed E-state index contributed by atoms with van der Waals surface area (Å²) in [5, 5.41) is 3.72. The second kappa shape index (κ2) is 7.72. The minimum absolute atomic E-state index is 0.286. The van der Waals surface area contributed by atoms with E-state index in [0.717, 1.165) is 19.6 Å². The van der Waals surface area contributed by atoms with Crippen molar-refractivity contribution in [1.29, 1.82) is 0 Å². The van der Waals surface area contributed by atoms with Crippen LogP contribution < -0.4 is 10.2 Å². The van der Waals surface area contributed by atoms with Crippen LogP contribution in [-0.2, 0) is 0 Å². The van der Waals surface area contributed by atoms with E-state index in [2.05, 4.69) is 113 Å². The Morgan fingerprint density at radius 1 is 0.645 bits per heavy atom. The van der Waals surface area contributed by atoms with Gasteiger partial charge in [-0.3, -0.25) is 0 Å². The molecule has 2 nitrogen and oxygen atoms in total. The molecule has 2 unspecified atom stereocenters. The fourth-order valence-corrected chi connectivity index (χ4v) is 5.39. The van der Waals surface area contributed by atoms with Crippen LogP contribution >= 0.6 is 0 Å². The molecule has 1 fully saturated rings. The van der Waals surface area contributed by atoms with Crippen LogP contribution in [0.5, 0.6) is 0 Å². The molecule has 2 aliphatic rings. The fraction of sp³-hybridized carbons (Fsp3) is 0.172. The molecule has 2 heteroatoms. The molecule has 2 atom stereocenters. The molecule has 0 bridgehead atoms. The molecule has 1 aliphatic heterocycles. The summed E-state index contributed by atoms with van der Waals surface area (Å²) >= 11 is 0. The Bertz CT molecular complexity index is 1200. The Morgan fingerprint density at radius 3 is 2.13 bits per heavy atom. The lowest BCUT2D eigenvalue weighted by molar-refractivity contribution is 0.471. The largest absolute Gasteiger partial charge is 0.368 e. The number of piperazine rings is 1. The Kier molecular flexibility index (Phi) is 4.58. The SMILES string of the molecule is c1ccc(C2CN(c3cccc4c3C(c3ccccc3)c3ccccc3-4)CCN2)cc1. The first-order valence-electron chi connectivity index (χ1n) is 11.2. The molecule has 4 aromatic rings. The van der Waals surface area contributed by atoms with Gasteiger partial charge in [-0.2, -0.15) is 0 Å². The van der Waals surface area contributed by atoms with Gasteiger partial charge in [0.15, 0.2) is 0 Å². The Hall–Kier alpha value is -3.36. The number of nitrogens with zero attached hydrogens (tertiary/aromatic N) is 1. The van der Waals surface area contributed by atoms with E-state index in [0.29, 0.717) is 6.04 Å². The number of fused-ring (bicyclic) bond motifs is 3. The van der Waals surface area contributed by atoms with E-state index in [-0.39, 0.29) is 5.92 Å². The van der Waals surface area contributed by atoms with Crippen LogP contribution in [0.1, 0.15) is 34.2 Å². The fourth-order valence-electron chi connectivity index (χ4n) is 5.39. The molecule has 31 heavy (non-hydrogen) atoms. The third-order valence-corrected chi connectivity index (χ3v) is 6.78. The van der Waals surface area contributed by atoms with Gasteiger partial charge in [-0.25, -0.2) is 0 Å². The van der Waals surface area contributed by atoms with Gasteiger partial charge in [0.05, 0.1) is 0 Å². The molecule has 0 spiro atoms. The molecule has 1 N–H and O–H groups in total. The van der Waals surface area contributed by atoms with E-state index in [1.165, 1.54) is 39.1 Å². The van der Waals surface area contributed by atoms with Gasteiger partial charge in [0.25, 0.3) is 0 Å². The molecule has 0 radical (unpaired) electrons. The normalized spacial score (nSPS) is 19.7. The lowest BCUT2D eigenvalue weighted by atomic mass is 9.88. The summed E-state index contributed by atoms with van der Waals surface area (Å²) in [5.41, 5.74) is 9.76. The van der Waals surface area contributed by atoms with Crippen LogP contribution in [0, 0.1) is 0 Å².